The Morgan fingerprint density at radius 1 is 1.19 bits per heavy atom. The van der Waals surface area contributed by atoms with Crippen LogP contribution in [0.2, 0.25) is 0 Å². The summed E-state index contributed by atoms with van der Waals surface area (Å²) < 4.78 is 51.6. The summed E-state index contributed by atoms with van der Waals surface area (Å²) in [5.74, 6) is -0.602. The van der Waals surface area contributed by atoms with Crippen LogP contribution in [0.1, 0.15) is 63.2 Å². The molecule has 1 N–H and O–H groups in total. The SMILES string of the molecule is CCCCC(CC)CC(O)c1cc(C(F)(F)F)ccc1F. The molecule has 1 aromatic rings. The predicted octanol–water partition coefficient (Wildman–Crippen LogP) is 5.48. The molecule has 0 bridgehead atoms. The molecule has 0 fully saturated rings. The van der Waals surface area contributed by atoms with Gasteiger partial charge in [-0.2, -0.15) is 13.2 Å². The summed E-state index contributed by atoms with van der Waals surface area (Å²) in [7, 11) is 0. The van der Waals surface area contributed by atoms with Gasteiger partial charge in [0, 0.05) is 5.56 Å². The van der Waals surface area contributed by atoms with E-state index in [-0.39, 0.29) is 17.9 Å². The summed E-state index contributed by atoms with van der Waals surface area (Å²) in [5, 5.41) is 10.1. The first-order valence-electron chi connectivity index (χ1n) is 7.34. The smallest absolute Gasteiger partial charge is 0.388 e. The standard InChI is InChI=1S/C16H22F4O/c1-3-5-6-11(4-2)9-15(21)13-10-12(16(18,19)20)7-8-14(13)17/h7-8,10-11,15,21H,3-6,9H2,1-2H3. The van der Waals surface area contributed by atoms with E-state index >= 15 is 0 Å². The maximum absolute atomic E-state index is 13.7. The van der Waals surface area contributed by atoms with Crippen LogP contribution in [-0.2, 0) is 6.18 Å². The first kappa shape index (κ1) is 18.0. The van der Waals surface area contributed by atoms with Crippen molar-refractivity contribution in [1.29, 1.82) is 0 Å². The molecule has 2 unspecified atom stereocenters. The normalized spacial score (nSPS) is 15.0. The summed E-state index contributed by atoms with van der Waals surface area (Å²) in [6.45, 7) is 4.02. The first-order valence-corrected chi connectivity index (χ1v) is 7.34. The van der Waals surface area contributed by atoms with Crippen molar-refractivity contribution < 1.29 is 22.7 Å². The zero-order chi connectivity index (χ0) is 16.0. The van der Waals surface area contributed by atoms with Crippen LogP contribution >= 0.6 is 0 Å². The number of hydrogen-bond donors (Lipinski definition) is 1. The molecule has 0 aliphatic heterocycles. The molecule has 0 aliphatic carbocycles. The van der Waals surface area contributed by atoms with Crippen LogP contribution in [0, 0.1) is 11.7 Å². The molecule has 120 valence electrons. The van der Waals surface area contributed by atoms with Crippen molar-refractivity contribution in [2.45, 2.75) is 58.2 Å². The molecule has 5 heteroatoms. The van der Waals surface area contributed by atoms with Crippen LogP contribution in [-0.4, -0.2) is 5.11 Å². The van der Waals surface area contributed by atoms with Gasteiger partial charge in [0.1, 0.15) is 5.82 Å². The second kappa shape index (κ2) is 7.78. The first-order chi connectivity index (χ1) is 9.79. The number of aliphatic hydroxyl groups excluding tert-OH is 1. The van der Waals surface area contributed by atoms with Crippen molar-refractivity contribution in [3.8, 4) is 0 Å². The van der Waals surface area contributed by atoms with Crippen LogP contribution in [0.5, 0.6) is 0 Å². The topological polar surface area (TPSA) is 20.2 Å². The quantitative estimate of drug-likeness (QED) is 0.661. The maximum atomic E-state index is 13.7. The highest BCUT2D eigenvalue weighted by atomic mass is 19.4. The fraction of sp³-hybridized carbons (Fsp3) is 0.625. The van der Waals surface area contributed by atoms with Crippen molar-refractivity contribution >= 4 is 0 Å². The largest absolute Gasteiger partial charge is 0.416 e. The lowest BCUT2D eigenvalue weighted by Crippen LogP contribution is -2.11. The third kappa shape index (κ3) is 5.30. The summed E-state index contributed by atoms with van der Waals surface area (Å²) in [6, 6.07) is 2.18. The molecule has 0 heterocycles. The van der Waals surface area contributed by atoms with E-state index < -0.39 is 23.7 Å². The van der Waals surface area contributed by atoms with E-state index in [9.17, 15) is 22.7 Å². The fourth-order valence-electron chi connectivity index (χ4n) is 2.40. The van der Waals surface area contributed by atoms with Crippen molar-refractivity contribution in [2.75, 3.05) is 0 Å². The van der Waals surface area contributed by atoms with Crippen molar-refractivity contribution in [2.24, 2.45) is 5.92 Å². The van der Waals surface area contributed by atoms with Gasteiger partial charge in [0.05, 0.1) is 11.7 Å². The molecule has 1 nitrogen and oxygen atoms in total. The summed E-state index contributed by atoms with van der Waals surface area (Å²) in [5.41, 5.74) is -1.20. The molecule has 1 aromatic carbocycles. The minimum absolute atomic E-state index is 0.189. The van der Waals surface area contributed by atoms with Gasteiger partial charge in [0.25, 0.3) is 0 Å². The van der Waals surface area contributed by atoms with E-state index in [1.807, 2.05) is 6.92 Å². The Morgan fingerprint density at radius 3 is 2.38 bits per heavy atom. The van der Waals surface area contributed by atoms with Crippen LogP contribution in [0.15, 0.2) is 18.2 Å². The van der Waals surface area contributed by atoms with Gasteiger partial charge < -0.3 is 5.11 Å². The lowest BCUT2D eigenvalue weighted by molar-refractivity contribution is -0.137. The van der Waals surface area contributed by atoms with E-state index in [4.69, 9.17) is 0 Å². The molecule has 0 radical (unpaired) electrons. The minimum Gasteiger partial charge on any atom is -0.388 e. The average molecular weight is 306 g/mol. The molecular weight excluding hydrogens is 284 g/mol. The van der Waals surface area contributed by atoms with Gasteiger partial charge in [-0.05, 0) is 30.5 Å². The Hall–Kier alpha value is -1.10. The second-order valence-electron chi connectivity index (χ2n) is 5.40. The van der Waals surface area contributed by atoms with Crippen LogP contribution in [0.4, 0.5) is 17.6 Å². The highest BCUT2D eigenvalue weighted by Gasteiger charge is 2.32. The van der Waals surface area contributed by atoms with E-state index in [1.165, 1.54) is 0 Å². The number of alkyl halides is 3. The summed E-state index contributed by atoms with van der Waals surface area (Å²) in [4.78, 5) is 0. The Labute approximate surface area is 123 Å². The molecule has 0 saturated heterocycles. The second-order valence-corrected chi connectivity index (χ2v) is 5.40. The van der Waals surface area contributed by atoms with Gasteiger partial charge in [-0.25, -0.2) is 4.39 Å². The lowest BCUT2D eigenvalue weighted by atomic mass is 9.90. The molecule has 0 spiro atoms. The number of benzene rings is 1. The molecule has 21 heavy (non-hydrogen) atoms. The molecular formula is C16H22F4O. The third-order valence-corrected chi connectivity index (χ3v) is 3.78. The van der Waals surface area contributed by atoms with E-state index in [0.717, 1.165) is 31.7 Å². The van der Waals surface area contributed by atoms with Gasteiger partial charge in [-0.3, -0.25) is 0 Å². The Kier molecular flexibility index (Phi) is 6.65. The lowest BCUT2D eigenvalue weighted by Gasteiger charge is -2.20. The number of rotatable bonds is 7. The molecule has 0 aromatic heterocycles. The maximum Gasteiger partial charge on any atom is 0.416 e. The summed E-state index contributed by atoms with van der Waals surface area (Å²) >= 11 is 0. The molecule has 1 rings (SSSR count). The number of halogens is 4. The van der Waals surface area contributed by atoms with Crippen LogP contribution in [0.25, 0.3) is 0 Å². The van der Waals surface area contributed by atoms with Crippen LogP contribution < -0.4 is 0 Å². The number of hydrogen-bond acceptors (Lipinski definition) is 1. The fourth-order valence-corrected chi connectivity index (χ4v) is 2.40. The van der Waals surface area contributed by atoms with Crippen molar-refractivity contribution in [1.82, 2.24) is 0 Å². The highest BCUT2D eigenvalue weighted by molar-refractivity contribution is 5.28. The summed E-state index contributed by atoms with van der Waals surface area (Å²) in [6.07, 6.45) is -1.72. The highest BCUT2D eigenvalue weighted by Crippen LogP contribution is 2.34. The van der Waals surface area contributed by atoms with Crippen LogP contribution in [0.3, 0.4) is 0 Å². The molecule has 0 saturated carbocycles. The zero-order valence-corrected chi connectivity index (χ0v) is 12.4. The van der Waals surface area contributed by atoms with Gasteiger partial charge in [-0.15, -0.1) is 0 Å². The van der Waals surface area contributed by atoms with Gasteiger partial charge in [-0.1, -0.05) is 39.5 Å². The number of unbranched alkanes of at least 4 members (excludes halogenated alkanes) is 1. The molecule has 2 atom stereocenters. The Balaban J connectivity index is 2.88. The Morgan fingerprint density at radius 2 is 1.86 bits per heavy atom. The monoisotopic (exact) mass is 306 g/mol. The van der Waals surface area contributed by atoms with E-state index in [1.54, 1.807) is 0 Å². The average Bonchev–Trinajstić information content (AvgIpc) is 2.42. The minimum atomic E-state index is -4.53. The molecule has 0 amide bonds. The third-order valence-electron chi connectivity index (χ3n) is 3.78. The predicted molar refractivity (Wildman–Crippen MR) is 74.3 cm³/mol. The Bertz CT molecular complexity index is 442. The zero-order valence-electron chi connectivity index (χ0n) is 12.4. The van der Waals surface area contributed by atoms with Crippen molar-refractivity contribution in [3.63, 3.8) is 0 Å². The van der Waals surface area contributed by atoms with Gasteiger partial charge in [0.2, 0.25) is 0 Å². The van der Waals surface area contributed by atoms with E-state index in [0.29, 0.717) is 12.1 Å². The van der Waals surface area contributed by atoms with E-state index in [2.05, 4.69) is 6.92 Å². The van der Waals surface area contributed by atoms with Gasteiger partial charge >= 0.3 is 6.18 Å². The van der Waals surface area contributed by atoms with Gasteiger partial charge in [0.15, 0.2) is 0 Å². The molecule has 0 aliphatic rings. The number of aliphatic hydroxyl groups is 1. The van der Waals surface area contributed by atoms with Crippen molar-refractivity contribution in [3.05, 3.63) is 35.1 Å².